The molecule has 0 amide bonds. The Morgan fingerprint density at radius 3 is 2.24 bits per heavy atom. The van der Waals surface area contributed by atoms with Crippen LogP contribution in [0, 0.1) is 12.1 Å². The third-order valence-electron chi connectivity index (χ3n) is 9.15. The fourth-order valence-electron chi connectivity index (χ4n) is 6.69. The fourth-order valence-corrected chi connectivity index (χ4v) is 6.69. The van der Waals surface area contributed by atoms with Crippen LogP contribution in [-0.2, 0) is 20.1 Å². The summed E-state index contributed by atoms with van der Waals surface area (Å²) in [7, 11) is 0. The molecule has 0 N–H and O–H groups in total. The molecule has 0 atom stereocenters. The Morgan fingerprint density at radius 1 is 0.600 bits per heavy atom. The average Bonchev–Trinajstić information content (AvgIpc) is 3.73. The number of aromatic nitrogens is 2. The van der Waals surface area contributed by atoms with E-state index in [-0.39, 0.29) is 20.1 Å². The number of nitrogens with zero attached hydrogens (tertiary/aromatic N) is 2. The predicted octanol–water partition coefficient (Wildman–Crippen LogP) is 12.3. The van der Waals surface area contributed by atoms with Crippen LogP contribution in [0.2, 0.25) is 0 Å². The molecular weight excluding hydrogens is 793 g/mol. The summed E-state index contributed by atoms with van der Waals surface area (Å²) < 4.78 is 20.6. The molecule has 4 aromatic heterocycles. The van der Waals surface area contributed by atoms with E-state index < -0.39 is 5.89 Å². The minimum Gasteiger partial charge on any atom is -0.500 e. The smallest absolute Gasteiger partial charge is 0.139 e. The van der Waals surface area contributed by atoms with Crippen LogP contribution in [0.1, 0.15) is 26.7 Å². The summed E-state index contributed by atoms with van der Waals surface area (Å²) in [5.74, 6) is -0.634. The first-order valence-electron chi connectivity index (χ1n) is 16.8. The molecule has 0 saturated heterocycles. The third kappa shape index (κ3) is 5.45. The Bertz CT molecular complexity index is 2870. The largest absolute Gasteiger partial charge is 0.500 e. The second-order valence-electron chi connectivity index (χ2n) is 12.4. The minimum absolute atomic E-state index is 0. The van der Waals surface area contributed by atoms with E-state index in [9.17, 15) is 0 Å². The number of benzene rings is 6. The molecule has 0 saturated carbocycles. The molecule has 243 valence electrons. The van der Waals surface area contributed by atoms with E-state index in [0.29, 0.717) is 0 Å². The van der Waals surface area contributed by atoms with E-state index in [2.05, 4.69) is 76.7 Å². The molecule has 0 aliphatic rings. The van der Waals surface area contributed by atoms with E-state index >= 15 is 0 Å². The van der Waals surface area contributed by atoms with Crippen molar-refractivity contribution in [3.8, 4) is 22.5 Å². The van der Waals surface area contributed by atoms with E-state index in [4.69, 9.17) is 10.2 Å². The number of rotatable bonds is 3. The van der Waals surface area contributed by atoms with Crippen molar-refractivity contribution in [2.24, 2.45) is 0 Å². The second-order valence-corrected chi connectivity index (χ2v) is 12.4. The molecule has 10 aromatic rings. The van der Waals surface area contributed by atoms with Crippen LogP contribution in [0.25, 0.3) is 87.9 Å². The molecule has 1 radical (unpaired) electrons. The van der Waals surface area contributed by atoms with Gasteiger partial charge in [0.2, 0.25) is 0 Å². The fraction of sp³-hybridized carbons (Fsp3) is 0.0667. The maximum atomic E-state index is 8.22. The molecule has 10 rings (SSSR count). The maximum absolute atomic E-state index is 8.22. The van der Waals surface area contributed by atoms with E-state index in [1.54, 1.807) is 12.4 Å². The van der Waals surface area contributed by atoms with Crippen molar-refractivity contribution in [2.75, 3.05) is 0 Å². The summed E-state index contributed by atoms with van der Waals surface area (Å²) in [5.41, 5.74) is 7.86. The van der Waals surface area contributed by atoms with Crippen molar-refractivity contribution in [3.63, 3.8) is 0 Å². The molecule has 4 heterocycles. The zero-order valence-electron chi connectivity index (χ0n) is 28.3. The molecule has 50 heavy (non-hydrogen) atoms. The first-order chi connectivity index (χ1) is 24.4. The molecule has 0 bridgehead atoms. The van der Waals surface area contributed by atoms with Crippen LogP contribution >= 0.6 is 0 Å². The van der Waals surface area contributed by atoms with Crippen LogP contribution in [0.5, 0.6) is 0 Å². The number of para-hydroxylation sites is 1. The van der Waals surface area contributed by atoms with Gasteiger partial charge in [-0.1, -0.05) is 114 Å². The van der Waals surface area contributed by atoms with E-state index in [0.717, 1.165) is 72.0 Å². The van der Waals surface area contributed by atoms with Gasteiger partial charge in [0.15, 0.2) is 0 Å². The van der Waals surface area contributed by atoms with Gasteiger partial charge in [0.05, 0.1) is 11.0 Å². The van der Waals surface area contributed by atoms with Crippen LogP contribution < -0.4 is 0 Å². The first kappa shape index (κ1) is 30.4. The number of fused-ring (bicyclic) bond motifs is 10. The molecule has 0 aliphatic carbocycles. The molecular formula is C45H30IrN2O2-2. The van der Waals surface area contributed by atoms with Gasteiger partial charge in [-0.2, -0.15) is 0 Å². The van der Waals surface area contributed by atoms with Gasteiger partial charge in [-0.15, -0.1) is 47.3 Å². The summed E-state index contributed by atoms with van der Waals surface area (Å²) in [6, 6.07) is 49.4. The maximum Gasteiger partial charge on any atom is 0.139 e. The van der Waals surface area contributed by atoms with Gasteiger partial charge in [0, 0.05) is 44.6 Å². The summed E-state index contributed by atoms with van der Waals surface area (Å²) in [5, 5.41) is 9.08. The van der Waals surface area contributed by atoms with Crippen molar-refractivity contribution in [3.05, 3.63) is 157 Å². The zero-order chi connectivity index (χ0) is 33.8. The van der Waals surface area contributed by atoms with Crippen LogP contribution in [-0.4, -0.2) is 9.97 Å². The topological polar surface area (TPSA) is 52.1 Å². The molecule has 0 unspecified atom stereocenters. The summed E-state index contributed by atoms with van der Waals surface area (Å²) in [6.45, 7) is 3.78. The zero-order valence-corrected chi connectivity index (χ0v) is 29.7. The summed E-state index contributed by atoms with van der Waals surface area (Å²) in [6.07, 6.45) is 3.56. The molecule has 6 aromatic carbocycles. The van der Waals surface area contributed by atoms with Crippen LogP contribution in [0.4, 0.5) is 0 Å². The Morgan fingerprint density at radius 2 is 1.38 bits per heavy atom. The predicted molar refractivity (Wildman–Crippen MR) is 201 cm³/mol. The monoisotopic (exact) mass is 824 g/mol. The van der Waals surface area contributed by atoms with Crippen molar-refractivity contribution in [2.45, 2.75) is 19.7 Å². The summed E-state index contributed by atoms with van der Waals surface area (Å²) in [4.78, 5) is 8.94. The van der Waals surface area contributed by atoms with Crippen molar-refractivity contribution in [1.29, 1.82) is 0 Å². The Hall–Kier alpha value is -5.61. The van der Waals surface area contributed by atoms with E-state index in [1.807, 2.05) is 86.6 Å². The number of hydrogen-bond donors (Lipinski definition) is 0. The third-order valence-corrected chi connectivity index (χ3v) is 9.15. The average molecular weight is 824 g/mol. The van der Waals surface area contributed by atoms with Crippen molar-refractivity contribution < 1.29 is 30.3 Å². The van der Waals surface area contributed by atoms with Crippen molar-refractivity contribution >= 4 is 65.4 Å². The Balaban J connectivity index is 0.000000144. The van der Waals surface area contributed by atoms with E-state index in [1.165, 1.54) is 21.5 Å². The molecule has 5 heteroatoms. The molecule has 4 nitrogen and oxygen atoms in total. The quantitative estimate of drug-likeness (QED) is 0.132. The van der Waals surface area contributed by atoms with Gasteiger partial charge in [-0.25, -0.2) is 0 Å². The Labute approximate surface area is 304 Å². The van der Waals surface area contributed by atoms with Gasteiger partial charge in [-0.05, 0) is 53.0 Å². The number of hydrogen-bond acceptors (Lipinski definition) is 4. The van der Waals surface area contributed by atoms with Gasteiger partial charge in [0.1, 0.15) is 16.7 Å². The molecule has 0 spiro atoms. The van der Waals surface area contributed by atoms with Crippen LogP contribution in [0.3, 0.4) is 0 Å². The number of furan rings is 2. The van der Waals surface area contributed by atoms with Gasteiger partial charge in [0.25, 0.3) is 0 Å². The molecule has 0 fully saturated rings. The Kier molecular flexibility index (Phi) is 7.93. The first-order valence-corrected chi connectivity index (χ1v) is 16.3. The SMILES string of the molecule is [2H]C(C)(C)c1ccnc(-c2[c-]cc3c(ccc4ccccc43)c2)c1.[Ir].[c-]1ccc2c(oc3c2ccc2oc4ccccc4c23)c1-c1ccccn1. The minimum atomic E-state index is -0.634. The second kappa shape index (κ2) is 13.0. The number of pyridine rings is 2. The van der Waals surface area contributed by atoms with Gasteiger partial charge < -0.3 is 18.8 Å². The molecule has 0 aliphatic heterocycles. The van der Waals surface area contributed by atoms with Gasteiger partial charge >= 0.3 is 0 Å². The normalized spacial score (nSPS) is 11.9. The summed E-state index contributed by atoms with van der Waals surface area (Å²) >= 11 is 0. The standard InChI is InChI=1S/C23H12NO2.C22H18N.Ir/c1-2-10-19-17(6-1)21-20(25-19)12-11-15-14-7-5-8-16(22(14)26-23(15)21)18-9-3-4-13-24-18;1-15(2)17-11-12-23-22(14-17)19-9-10-21-18(13-19)8-7-16-5-3-4-6-20(16)21;/h1-7,9-13H;3-8,10-15H,1-2H3;/q2*-1;/i;15D;. The van der Waals surface area contributed by atoms with Crippen LogP contribution in [0.15, 0.2) is 149 Å². The van der Waals surface area contributed by atoms with Crippen molar-refractivity contribution in [1.82, 2.24) is 9.97 Å². The van der Waals surface area contributed by atoms with Gasteiger partial charge in [-0.3, -0.25) is 0 Å².